The van der Waals surface area contributed by atoms with Crippen molar-refractivity contribution in [2.45, 2.75) is 61.5 Å². The van der Waals surface area contributed by atoms with Crippen LogP contribution >= 0.6 is 0 Å². The number of benzene rings is 6. The molecule has 0 saturated heterocycles. The molecule has 0 radical (unpaired) electrons. The van der Waals surface area contributed by atoms with Crippen LogP contribution in [-0.2, 0) is 0 Å². The van der Waals surface area contributed by atoms with E-state index in [2.05, 4.69) is 0 Å². The van der Waals surface area contributed by atoms with Gasteiger partial charge in [0, 0.05) is 44.5 Å². The van der Waals surface area contributed by atoms with Crippen LogP contribution in [0.1, 0.15) is 125 Å². The van der Waals surface area contributed by atoms with Gasteiger partial charge in [-0.2, -0.15) is 0 Å². The number of aliphatic hydroxyl groups is 1. The van der Waals surface area contributed by atoms with Crippen LogP contribution in [0.5, 0.6) is 0 Å². The van der Waals surface area contributed by atoms with E-state index in [4.69, 9.17) is 0 Å². The zero-order valence-electron chi connectivity index (χ0n) is 32.0. The molecule has 6 aromatic rings. The van der Waals surface area contributed by atoms with Crippen molar-refractivity contribution in [2.24, 2.45) is 0 Å². The van der Waals surface area contributed by atoms with Gasteiger partial charge in [0.1, 0.15) is 6.10 Å². The van der Waals surface area contributed by atoms with Gasteiger partial charge in [-0.3, -0.25) is 19.2 Å². The molecule has 0 fully saturated rings. The number of ketones is 4. The summed E-state index contributed by atoms with van der Waals surface area (Å²) >= 11 is 0. The second kappa shape index (κ2) is 15.1. The highest BCUT2D eigenvalue weighted by Gasteiger charge is 2.24. The lowest BCUT2D eigenvalue weighted by Gasteiger charge is -2.17. The highest BCUT2D eigenvalue weighted by atomic mass is 16.3. The number of carbonyl (C=O) groups excluding carboxylic acids is 4. The summed E-state index contributed by atoms with van der Waals surface area (Å²) in [6.07, 6.45) is -1.14. The van der Waals surface area contributed by atoms with E-state index in [1.54, 1.807) is 54.6 Å². The quantitative estimate of drug-likeness (QED) is 0.143. The van der Waals surface area contributed by atoms with Crippen LogP contribution in [0, 0.1) is 55.4 Å². The second-order valence-electron chi connectivity index (χ2n) is 14.9. The van der Waals surface area contributed by atoms with Crippen molar-refractivity contribution in [3.8, 4) is 0 Å². The smallest absolute Gasteiger partial charge is 0.193 e. The first-order chi connectivity index (χ1) is 25.5. The molecule has 0 amide bonds. The minimum atomic E-state index is -1.14. The monoisotopic (exact) mass is 712 g/mol. The summed E-state index contributed by atoms with van der Waals surface area (Å²) in [5.74, 6) is -1.44. The predicted molar refractivity (Wildman–Crippen MR) is 214 cm³/mol. The van der Waals surface area contributed by atoms with Gasteiger partial charge >= 0.3 is 0 Å². The number of carbonyl (C=O) groups is 4. The maximum absolute atomic E-state index is 14.7. The van der Waals surface area contributed by atoms with Crippen molar-refractivity contribution < 1.29 is 24.3 Å². The lowest BCUT2D eigenvalue weighted by molar-refractivity contribution is 0.102. The van der Waals surface area contributed by atoms with E-state index in [0.29, 0.717) is 27.8 Å². The Labute approximate surface area is 317 Å². The Morgan fingerprint density at radius 1 is 0.296 bits per heavy atom. The van der Waals surface area contributed by atoms with Gasteiger partial charge in [0.2, 0.25) is 0 Å². The maximum Gasteiger partial charge on any atom is 0.193 e. The van der Waals surface area contributed by atoms with Crippen LogP contribution in [-0.4, -0.2) is 28.2 Å². The lowest BCUT2D eigenvalue weighted by atomic mass is 9.88. The molecule has 0 aliphatic rings. The van der Waals surface area contributed by atoms with Crippen LogP contribution in [0.3, 0.4) is 0 Å². The van der Waals surface area contributed by atoms with Gasteiger partial charge < -0.3 is 5.11 Å². The summed E-state index contributed by atoms with van der Waals surface area (Å²) in [4.78, 5) is 57.0. The van der Waals surface area contributed by atoms with Crippen molar-refractivity contribution >= 4 is 23.1 Å². The topological polar surface area (TPSA) is 88.5 Å². The molecule has 5 nitrogen and oxygen atoms in total. The summed E-state index contributed by atoms with van der Waals surface area (Å²) in [7, 11) is 0. The first kappa shape index (κ1) is 37.7. The molecule has 0 bridgehead atoms. The molecule has 0 saturated carbocycles. The molecule has 5 heteroatoms. The summed E-state index contributed by atoms with van der Waals surface area (Å²) in [5.41, 5.74) is 10.7. The Morgan fingerprint density at radius 2 is 0.481 bits per heavy atom. The fourth-order valence-corrected chi connectivity index (χ4v) is 7.44. The Bertz CT molecular complexity index is 2350. The number of hydrogen-bond acceptors (Lipinski definition) is 5. The number of hydrogen-bond donors (Lipinski definition) is 1. The lowest BCUT2D eigenvalue weighted by Crippen LogP contribution is -2.13. The van der Waals surface area contributed by atoms with Gasteiger partial charge in [-0.15, -0.1) is 0 Å². The molecule has 1 N–H and O–H groups in total. The molecule has 0 spiro atoms. The molecule has 0 aliphatic carbocycles. The maximum atomic E-state index is 14.7. The molecule has 270 valence electrons. The van der Waals surface area contributed by atoms with Crippen LogP contribution < -0.4 is 0 Å². The molecule has 6 aromatic carbocycles. The molecule has 0 aliphatic heterocycles. The van der Waals surface area contributed by atoms with E-state index < -0.39 is 11.9 Å². The zero-order chi connectivity index (χ0) is 39.0. The molecular weight excluding hydrogens is 669 g/mol. The van der Waals surface area contributed by atoms with Crippen molar-refractivity contribution in [1.29, 1.82) is 0 Å². The third-order valence-corrected chi connectivity index (χ3v) is 9.53. The first-order valence-corrected chi connectivity index (χ1v) is 18.0. The number of rotatable bonds is 10. The molecule has 0 heterocycles. The minimum absolute atomic E-state index is 0.112. The molecule has 54 heavy (non-hydrogen) atoms. The van der Waals surface area contributed by atoms with E-state index in [9.17, 15) is 24.3 Å². The minimum Gasteiger partial charge on any atom is -0.384 e. The van der Waals surface area contributed by atoms with Gasteiger partial charge in [0.05, 0.1) is 0 Å². The SMILES string of the molecule is Cc1cc(C)cc(C(=O)c2cc(C(=O)c3cc(C)cc(C)c3)cc(C(=O)c3cc(C(=O)c4cc(C)cc(C)c4)cc(C(O)c4cc(C)cc(C)c4)c3)c2)c1. The highest BCUT2D eigenvalue weighted by molar-refractivity contribution is 6.18. The highest BCUT2D eigenvalue weighted by Crippen LogP contribution is 2.29. The molecule has 0 aromatic heterocycles. The number of aryl methyl sites for hydroxylation is 8. The average Bonchev–Trinajstić information content (AvgIpc) is 3.11. The molecule has 1 unspecified atom stereocenters. The van der Waals surface area contributed by atoms with E-state index in [1.165, 1.54) is 18.2 Å². The Balaban J connectivity index is 1.53. The molecular formula is C49H44O5. The van der Waals surface area contributed by atoms with Crippen molar-refractivity contribution in [2.75, 3.05) is 0 Å². The Morgan fingerprint density at radius 3 is 0.741 bits per heavy atom. The summed E-state index contributed by atoms with van der Waals surface area (Å²) in [6, 6.07) is 31.8. The van der Waals surface area contributed by atoms with Gasteiger partial charge in [-0.1, -0.05) is 80.9 Å². The second-order valence-corrected chi connectivity index (χ2v) is 14.9. The van der Waals surface area contributed by atoms with Gasteiger partial charge in [0.15, 0.2) is 23.1 Å². The van der Waals surface area contributed by atoms with Crippen LogP contribution in [0.25, 0.3) is 0 Å². The summed E-state index contributed by atoms with van der Waals surface area (Å²) in [5, 5.41) is 11.7. The van der Waals surface area contributed by atoms with Crippen LogP contribution in [0.15, 0.2) is 109 Å². The van der Waals surface area contributed by atoms with E-state index >= 15 is 0 Å². The van der Waals surface area contributed by atoms with Crippen molar-refractivity contribution in [3.05, 3.63) is 209 Å². The Kier molecular flexibility index (Phi) is 10.6. The van der Waals surface area contributed by atoms with Gasteiger partial charge in [-0.25, -0.2) is 0 Å². The van der Waals surface area contributed by atoms with E-state index in [-0.39, 0.29) is 45.2 Å². The Hall–Kier alpha value is -6.04. The normalized spacial score (nSPS) is 11.6. The summed E-state index contributed by atoms with van der Waals surface area (Å²) in [6.45, 7) is 15.4. The largest absolute Gasteiger partial charge is 0.384 e. The van der Waals surface area contributed by atoms with Gasteiger partial charge in [-0.05, 0) is 139 Å². The van der Waals surface area contributed by atoms with E-state index in [1.807, 2.05) is 91.8 Å². The van der Waals surface area contributed by atoms with Gasteiger partial charge in [0.25, 0.3) is 0 Å². The fraction of sp³-hybridized carbons (Fsp3) is 0.184. The van der Waals surface area contributed by atoms with Crippen LogP contribution in [0.4, 0.5) is 0 Å². The zero-order valence-corrected chi connectivity index (χ0v) is 32.0. The van der Waals surface area contributed by atoms with Crippen molar-refractivity contribution in [3.63, 3.8) is 0 Å². The predicted octanol–water partition coefficient (Wildman–Crippen LogP) is 10.2. The fourth-order valence-electron chi connectivity index (χ4n) is 7.44. The standard InChI is InChI=1S/C49H44O5/c1-27-9-28(2)14-35(13-27)45(50)39-21-40(46(51)36-15-29(3)10-30(4)16-36)24-43(23-39)49(54)44-25-41(47(52)37-17-31(5)11-32(6)18-37)22-42(26-44)48(53)38-19-33(7)12-34(8)20-38/h9-26,45,50H,1-8H3. The van der Waals surface area contributed by atoms with E-state index in [0.717, 1.165) is 44.5 Å². The average molecular weight is 713 g/mol. The first-order valence-electron chi connectivity index (χ1n) is 18.0. The third-order valence-electron chi connectivity index (χ3n) is 9.53. The van der Waals surface area contributed by atoms with Crippen LogP contribution in [0.2, 0.25) is 0 Å². The molecule has 1 atom stereocenters. The number of aliphatic hydroxyl groups excluding tert-OH is 1. The summed E-state index contributed by atoms with van der Waals surface area (Å²) < 4.78 is 0. The third kappa shape index (κ3) is 8.27. The molecule has 6 rings (SSSR count). The van der Waals surface area contributed by atoms with Crippen molar-refractivity contribution in [1.82, 2.24) is 0 Å².